The summed E-state index contributed by atoms with van der Waals surface area (Å²) in [4.78, 5) is 0. The predicted octanol–water partition coefficient (Wildman–Crippen LogP) is 3.73. The Morgan fingerprint density at radius 2 is 2.00 bits per heavy atom. The third-order valence-electron chi connectivity index (χ3n) is 3.59. The van der Waals surface area contributed by atoms with Crippen LogP contribution in [0.4, 0.5) is 0 Å². The molecular formula is C14H20BrN. The van der Waals surface area contributed by atoms with Crippen LogP contribution in [0.25, 0.3) is 0 Å². The average Bonchev–Trinajstić information content (AvgIpc) is 2.15. The van der Waals surface area contributed by atoms with Gasteiger partial charge in [0, 0.05) is 16.4 Å². The predicted molar refractivity (Wildman–Crippen MR) is 72.8 cm³/mol. The highest BCUT2D eigenvalue weighted by molar-refractivity contribution is 9.10. The van der Waals surface area contributed by atoms with Crippen molar-refractivity contribution in [3.8, 4) is 0 Å². The van der Waals surface area contributed by atoms with Gasteiger partial charge in [-0.15, -0.1) is 0 Å². The van der Waals surface area contributed by atoms with Crippen LogP contribution in [0, 0.1) is 5.41 Å². The lowest BCUT2D eigenvalue weighted by molar-refractivity contribution is 0.0578. The van der Waals surface area contributed by atoms with Crippen molar-refractivity contribution in [1.29, 1.82) is 0 Å². The van der Waals surface area contributed by atoms with Gasteiger partial charge in [-0.2, -0.15) is 0 Å². The van der Waals surface area contributed by atoms with E-state index in [1.165, 1.54) is 22.9 Å². The summed E-state index contributed by atoms with van der Waals surface area (Å²) in [5, 5.41) is 3.35. The van der Waals surface area contributed by atoms with E-state index in [9.17, 15) is 0 Å². The third-order valence-corrected chi connectivity index (χ3v) is 4.08. The Morgan fingerprint density at radius 1 is 1.31 bits per heavy atom. The topological polar surface area (TPSA) is 12.0 Å². The smallest absolute Gasteiger partial charge is 0.0178 e. The maximum absolute atomic E-state index is 3.57. The molecule has 2 rings (SSSR count). The molecule has 1 fully saturated rings. The molecule has 1 aromatic carbocycles. The molecule has 1 N–H and O–H groups in total. The molecule has 0 atom stereocenters. The normalized spacial score (nSPS) is 21.5. The molecule has 0 heterocycles. The van der Waals surface area contributed by atoms with Gasteiger partial charge in [-0.3, -0.25) is 0 Å². The quantitative estimate of drug-likeness (QED) is 0.890. The fourth-order valence-electron chi connectivity index (χ4n) is 3.37. The molecule has 1 saturated carbocycles. The zero-order chi connectivity index (χ0) is 11.8. The molecule has 0 aliphatic heterocycles. The zero-order valence-corrected chi connectivity index (χ0v) is 11.9. The molecule has 0 amide bonds. The second-order valence-electron chi connectivity index (χ2n) is 5.84. The Labute approximate surface area is 107 Å². The van der Waals surface area contributed by atoms with E-state index in [0.717, 1.165) is 6.54 Å². The van der Waals surface area contributed by atoms with E-state index >= 15 is 0 Å². The Kier molecular flexibility index (Phi) is 3.15. The van der Waals surface area contributed by atoms with Gasteiger partial charge in [0.25, 0.3) is 0 Å². The molecule has 1 nitrogen and oxygen atoms in total. The highest BCUT2D eigenvalue weighted by Crippen LogP contribution is 2.55. The lowest BCUT2D eigenvalue weighted by Gasteiger charge is -2.54. The number of rotatable bonds is 3. The first-order valence-electron chi connectivity index (χ1n) is 5.88. The second-order valence-corrected chi connectivity index (χ2v) is 6.75. The zero-order valence-electron chi connectivity index (χ0n) is 10.3. The van der Waals surface area contributed by atoms with Gasteiger partial charge in [0.15, 0.2) is 0 Å². The number of nitrogens with one attached hydrogen (secondary N) is 1. The van der Waals surface area contributed by atoms with Gasteiger partial charge >= 0.3 is 0 Å². The summed E-state index contributed by atoms with van der Waals surface area (Å²) in [6.07, 6.45) is 2.55. The molecule has 1 aliphatic carbocycles. The van der Waals surface area contributed by atoms with Crippen molar-refractivity contribution >= 4 is 15.9 Å². The van der Waals surface area contributed by atoms with Crippen molar-refractivity contribution in [1.82, 2.24) is 5.32 Å². The van der Waals surface area contributed by atoms with Gasteiger partial charge < -0.3 is 5.32 Å². The van der Waals surface area contributed by atoms with Gasteiger partial charge in [0.05, 0.1) is 0 Å². The minimum absolute atomic E-state index is 0.349. The van der Waals surface area contributed by atoms with E-state index in [1.807, 2.05) is 7.05 Å². The van der Waals surface area contributed by atoms with Gasteiger partial charge in [-0.25, -0.2) is 0 Å². The van der Waals surface area contributed by atoms with Crippen molar-refractivity contribution in [3.05, 3.63) is 34.3 Å². The number of hydrogen-bond acceptors (Lipinski definition) is 1. The van der Waals surface area contributed by atoms with Gasteiger partial charge in [0.1, 0.15) is 0 Å². The molecule has 1 aromatic rings. The van der Waals surface area contributed by atoms with Crippen molar-refractivity contribution < 1.29 is 0 Å². The summed E-state index contributed by atoms with van der Waals surface area (Å²) < 4.78 is 1.19. The number of likely N-dealkylation sites (N-methyl/N-ethyl adjacent to an activating group) is 1. The monoisotopic (exact) mass is 281 g/mol. The molecule has 0 unspecified atom stereocenters. The molecule has 0 spiro atoms. The van der Waals surface area contributed by atoms with Crippen LogP contribution >= 0.6 is 15.9 Å². The number of hydrogen-bond donors (Lipinski definition) is 1. The maximum atomic E-state index is 3.57. The van der Waals surface area contributed by atoms with Gasteiger partial charge in [-0.05, 0) is 43.0 Å². The van der Waals surface area contributed by atoms with Crippen LogP contribution in [-0.2, 0) is 5.41 Å². The van der Waals surface area contributed by atoms with Gasteiger partial charge in [0.2, 0.25) is 0 Å². The summed E-state index contributed by atoms with van der Waals surface area (Å²) in [5.41, 5.74) is 2.32. The third kappa shape index (κ3) is 2.18. The Balaban J connectivity index is 2.28. The van der Waals surface area contributed by atoms with E-state index in [0.29, 0.717) is 10.8 Å². The fourth-order valence-corrected chi connectivity index (χ4v) is 3.77. The highest BCUT2D eigenvalue weighted by Gasteiger charge is 2.49. The largest absolute Gasteiger partial charge is 0.319 e. The molecule has 0 bridgehead atoms. The van der Waals surface area contributed by atoms with Crippen LogP contribution in [0.1, 0.15) is 32.3 Å². The van der Waals surface area contributed by atoms with Crippen molar-refractivity contribution in [2.45, 2.75) is 32.1 Å². The summed E-state index contributed by atoms with van der Waals surface area (Å²) in [6, 6.07) is 8.77. The summed E-state index contributed by atoms with van der Waals surface area (Å²) in [7, 11) is 2.05. The minimum atomic E-state index is 0.349. The molecule has 0 saturated heterocycles. The fraction of sp³-hybridized carbons (Fsp3) is 0.571. The van der Waals surface area contributed by atoms with Crippen LogP contribution in [0.3, 0.4) is 0 Å². The first-order valence-corrected chi connectivity index (χ1v) is 6.67. The molecule has 88 valence electrons. The minimum Gasteiger partial charge on any atom is -0.319 e. The Bertz CT molecular complexity index is 376. The molecule has 1 aliphatic rings. The Morgan fingerprint density at radius 3 is 2.50 bits per heavy atom. The van der Waals surface area contributed by atoms with E-state index < -0.39 is 0 Å². The van der Waals surface area contributed by atoms with Crippen molar-refractivity contribution in [2.75, 3.05) is 13.6 Å². The van der Waals surface area contributed by atoms with E-state index in [2.05, 4.69) is 59.4 Å². The molecule has 0 aromatic heterocycles. The number of halogens is 1. The maximum Gasteiger partial charge on any atom is 0.0178 e. The average molecular weight is 282 g/mol. The molecule has 2 heteroatoms. The van der Waals surface area contributed by atoms with Crippen LogP contribution in [0.15, 0.2) is 28.7 Å². The van der Waals surface area contributed by atoms with Crippen LogP contribution in [0.2, 0.25) is 0 Å². The molecule has 0 radical (unpaired) electrons. The molecule has 16 heavy (non-hydrogen) atoms. The van der Waals surface area contributed by atoms with Crippen LogP contribution in [0.5, 0.6) is 0 Å². The van der Waals surface area contributed by atoms with E-state index in [4.69, 9.17) is 0 Å². The second kappa shape index (κ2) is 4.15. The summed E-state index contributed by atoms with van der Waals surface area (Å²) in [6.45, 7) is 5.80. The van der Waals surface area contributed by atoms with E-state index in [-0.39, 0.29) is 0 Å². The van der Waals surface area contributed by atoms with Crippen LogP contribution < -0.4 is 5.32 Å². The van der Waals surface area contributed by atoms with E-state index in [1.54, 1.807) is 0 Å². The van der Waals surface area contributed by atoms with Crippen molar-refractivity contribution in [3.63, 3.8) is 0 Å². The lowest BCUT2D eigenvalue weighted by Crippen LogP contribution is -2.51. The standard InChI is InChI=1S/C14H20BrN/c1-13(2)8-14(9-13,10-16-3)11-5-4-6-12(15)7-11/h4-7,16H,8-10H2,1-3H3. The first-order chi connectivity index (χ1) is 7.47. The van der Waals surface area contributed by atoms with Crippen molar-refractivity contribution in [2.24, 2.45) is 5.41 Å². The SMILES string of the molecule is CNCC1(c2cccc(Br)c2)CC(C)(C)C1. The van der Waals surface area contributed by atoms with Crippen LogP contribution in [-0.4, -0.2) is 13.6 Å². The lowest BCUT2D eigenvalue weighted by atomic mass is 9.52. The summed E-state index contributed by atoms with van der Waals surface area (Å²) in [5.74, 6) is 0. The first kappa shape index (κ1) is 12.1. The van der Waals surface area contributed by atoms with Gasteiger partial charge in [-0.1, -0.05) is 41.9 Å². The molecular weight excluding hydrogens is 262 g/mol. The Hall–Kier alpha value is -0.340. The highest BCUT2D eigenvalue weighted by atomic mass is 79.9. The summed E-state index contributed by atoms with van der Waals surface area (Å²) >= 11 is 3.57. The number of benzene rings is 1.